The van der Waals surface area contributed by atoms with E-state index in [0.717, 1.165) is 38.5 Å². The van der Waals surface area contributed by atoms with Gasteiger partial charge in [-0.1, -0.05) is 6.42 Å². The van der Waals surface area contributed by atoms with E-state index in [1.54, 1.807) is 0 Å². The monoisotopic (exact) mass is 208 g/mol. The van der Waals surface area contributed by atoms with Crippen LogP contribution in [0.3, 0.4) is 0 Å². The van der Waals surface area contributed by atoms with Crippen LogP contribution in [0.1, 0.15) is 38.5 Å². The van der Waals surface area contributed by atoms with Crippen molar-refractivity contribution in [3.63, 3.8) is 0 Å². The molecule has 15 heavy (non-hydrogen) atoms. The van der Waals surface area contributed by atoms with E-state index in [-0.39, 0.29) is 29.8 Å². The zero-order chi connectivity index (χ0) is 10.4. The molecule has 3 heteroatoms. The summed E-state index contributed by atoms with van der Waals surface area (Å²) in [7, 11) is 0. The van der Waals surface area contributed by atoms with Crippen molar-refractivity contribution in [1.82, 2.24) is 0 Å². The molecule has 0 aromatic carbocycles. The fourth-order valence-corrected chi connectivity index (χ4v) is 3.59. The normalized spacial score (nSPS) is 44.5. The molecule has 0 radical (unpaired) electrons. The molecule has 1 aliphatic heterocycles. The molecule has 0 amide bonds. The molecule has 0 N–H and O–H groups in total. The Morgan fingerprint density at radius 1 is 1.00 bits per heavy atom. The molecule has 82 valence electrons. The first-order valence-corrected chi connectivity index (χ1v) is 6.00. The van der Waals surface area contributed by atoms with Gasteiger partial charge in [0.05, 0.1) is 5.92 Å². The topological polar surface area (TPSA) is 43.4 Å². The maximum Gasteiger partial charge on any atom is 0.309 e. The minimum atomic E-state index is -0.0376. The predicted molar refractivity (Wildman–Crippen MR) is 53.1 cm³/mol. The molecule has 3 rings (SSSR count). The summed E-state index contributed by atoms with van der Waals surface area (Å²) in [4.78, 5) is 23.5. The van der Waals surface area contributed by atoms with E-state index in [9.17, 15) is 9.59 Å². The van der Waals surface area contributed by atoms with Crippen molar-refractivity contribution < 1.29 is 14.3 Å². The minimum Gasteiger partial charge on any atom is -0.462 e. The molecule has 0 aromatic heterocycles. The molecular formula is C12H16O3. The van der Waals surface area contributed by atoms with Crippen LogP contribution in [0.15, 0.2) is 0 Å². The lowest BCUT2D eigenvalue weighted by Crippen LogP contribution is -2.29. The summed E-state index contributed by atoms with van der Waals surface area (Å²) in [6.45, 7) is 0. The molecule has 2 aliphatic carbocycles. The van der Waals surface area contributed by atoms with Crippen LogP contribution in [0.5, 0.6) is 0 Å². The van der Waals surface area contributed by atoms with Gasteiger partial charge in [0.15, 0.2) is 0 Å². The Bertz CT molecular complexity index is 308. The molecule has 1 heterocycles. The number of carbonyl (C=O) groups is 2. The van der Waals surface area contributed by atoms with Gasteiger partial charge in [-0.25, -0.2) is 0 Å². The van der Waals surface area contributed by atoms with Gasteiger partial charge in [-0.3, -0.25) is 9.59 Å². The summed E-state index contributed by atoms with van der Waals surface area (Å²) in [6, 6.07) is 0. The Hall–Kier alpha value is -0.860. The summed E-state index contributed by atoms with van der Waals surface area (Å²) in [5, 5.41) is 0. The Labute approximate surface area is 89.2 Å². The molecule has 0 unspecified atom stereocenters. The molecule has 1 saturated heterocycles. The maximum absolute atomic E-state index is 11.9. The number of ketones is 1. The average Bonchev–Trinajstić information content (AvgIpc) is 2.68. The molecule has 3 fully saturated rings. The fraction of sp³-hybridized carbons (Fsp3) is 0.833. The van der Waals surface area contributed by atoms with Crippen LogP contribution >= 0.6 is 0 Å². The minimum absolute atomic E-state index is 0.0340. The second-order valence-corrected chi connectivity index (χ2v) is 5.06. The largest absolute Gasteiger partial charge is 0.462 e. The highest BCUT2D eigenvalue weighted by Crippen LogP contribution is 2.48. The Balaban J connectivity index is 1.92. The van der Waals surface area contributed by atoms with Crippen molar-refractivity contribution in [2.24, 2.45) is 17.8 Å². The summed E-state index contributed by atoms with van der Waals surface area (Å²) in [5.41, 5.74) is 0. The lowest BCUT2D eigenvalue weighted by Gasteiger charge is -2.23. The summed E-state index contributed by atoms with van der Waals surface area (Å²) in [6.07, 6.45) is 5.52. The van der Waals surface area contributed by atoms with Crippen LogP contribution in [0.4, 0.5) is 0 Å². The Morgan fingerprint density at radius 3 is 2.73 bits per heavy atom. The van der Waals surface area contributed by atoms with Gasteiger partial charge in [0.1, 0.15) is 11.9 Å². The summed E-state index contributed by atoms with van der Waals surface area (Å²) >= 11 is 0. The Kier molecular flexibility index (Phi) is 2.08. The first kappa shape index (κ1) is 9.37. The summed E-state index contributed by atoms with van der Waals surface area (Å²) in [5.74, 6) is 0.735. The van der Waals surface area contributed by atoms with Crippen molar-refractivity contribution in [2.75, 3.05) is 0 Å². The van der Waals surface area contributed by atoms with Gasteiger partial charge in [0.25, 0.3) is 0 Å². The van der Waals surface area contributed by atoms with Gasteiger partial charge >= 0.3 is 5.97 Å². The standard InChI is InChI=1S/C12H16O3/c13-9-4-2-1-3-8-11-7(9)5-6-10(11)15-12(8)14/h7-8,10-11H,1-6H2/t7-,8-,10+,11+/m0/s1. The Morgan fingerprint density at radius 2 is 1.87 bits per heavy atom. The van der Waals surface area contributed by atoms with Crippen molar-refractivity contribution >= 4 is 11.8 Å². The number of Topliss-reactive ketones (excluding diaryl/α,β-unsaturated/α-hetero) is 1. The highest BCUT2D eigenvalue weighted by Gasteiger charge is 2.53. The highest BCUT2D eigenvalue weighted by molar-refractivity contribution is 5.84. The van der Waals surface area contributed by atoms with Gasteiger partial charge in [0, 0.05) is 18.3 Å². The molecule has 0 spiro atoms. The molecule has 4 atom stereocenters. The molecule has 0 bridgehead atoms. The van der Waals surface area contributed by atoms with Crippen LogP contribution in [-0.2, 0) is 14.3 Å². The van der Waals surface area contributed by atoms with E-state index in [1.165, 1.54) is 0 Å². The SMILES string of the molecule is O=C1O[C@@H]2CC[C@H]3C(=O)CCCC[C@H]1[C@H]23. The maximum atomic E-state index is 11.9. The van der Waals surface area contributed by atoms with E-state index in [1.807, 2.05) is 0 Å². The van der Waals surface area contributed by atoms with E-state index >= 15 is 0 Å². The number of esters is 1. The molecule has 3 aliphatic rings. The smallest absolute Gasteiger partial charge is 0.309 e. The van der Waals surface area contributed by atoms with Crippen LogP contribution in [0, 0.1) is 17.8 Å². The van der Waals surface area contributed by atoms with Crippen molar-refractivity contribution in [1.29, 1.82) is 0 Å². The second kappa shape index (κ2) is 3.32. The van der Waals surface area contributed by atoms with Gasteiger partial charge in [-0.05, 0) is 25.7 Å². The van der Waals surface area contributed by atoms with E-state index in [2.05, 4.69) is 0 Å². The van der Waals surface area contributed by atoms with Gasteiger partial charge in [-0.15, -0.1) is 0 Å². The van der Waals surface area contributed by atoms with E-state index < -0.39 is 0 Å². The third-order valence-corrected chi connectivity index (χ3v) is 4.29. The molecular weight excluding hydrogens is 192 g/mol. The van der Waals surface area contributed by atoms with Crippen LogP contribution in [0.25, 0.3) is 0 Å². The quantitative estimate of drug-likeness (QED) is 0.569. The van der Waals surface area contributed by atoms with Crippen molar-refractivity contribution in [2.45, 2.75) is 44.6 Å². The average molecular weight is 208 g/mol. The fourth-order valence-electron chi connectivity index (χ4n) is 3.59. The number of hydrogen-bond acceptors (Lipinski definition) is 3. The molecule has 0 aromatic rings. The van der Waals surface area contributed by atoms with Crippen molar-refractivity contribution in [3.8, 4) is 0 Å². The number of rotatable bonds is 0. The third-order valence-electron chi connectivity index (χ3n) is 4.29. The number of carbonyl (C=O) groups excluding carboxylic acids is 2. The van der Waals surface area contributed by atoms with E-state index in [4.69, 9.17) is 4.74 Å². The zero-order valence-corrected chi connectivity index (χ0v) is 8.78. The van der Waals surface area contributed by atoms with Crippen LogP contribution in [-0.4, -0.2) is 17.9 Å². The number of ether oxygens (including phenoxy) is 1. The first-order chi connectivity index (χ1) is 7.27. The van der Waals surface area contributed by atoms with Crippen LogP contribution < -0.4 is 0 Å². The van der Waals surface area contributed by atoms with E-state index in [0.29, 0.717) is 5.78 Å². The van der Waals surface area contributed by atoms with Crippen molar-refractivity contribution in [3.05, 3.63) is 0 Å². The van der Waals surface area contributed by atoms with Gasteiger partial charge in [0.2, 0.25) is 0 Å². The van der Waals surface area contributed by atoms with Gasteiger partial charge < -0.3 is 4.74 Å². The first-order valence-electron chi connectivity index (χ1n) is 6.00. The lowest BCUT2D eigenvalue weighted by atomic mass is 9.77. The highest BCUT2D eigenvalue weighted by atomic mass is 16.6. The molecule has 3 nitrogen and oxygen atoms in total. The van der Waals surface area contributed by atoms with Crippen LogP contribution in [0.2, 0.25) is 0 Å². The second-order valence-electron chi connectivity index (χ2n) is 5.06. The summed E-state index contributed by atoms with van der Waals surface area (Å²) < 4.78 is 5.37. The lowest BCUT2D eigenvalue weighted by molar-refractivity contribution is -0.144. The third kappa shape index (κ3) is 1.32. The molecule has 2 saturated carbocycles. The number of hydrogen-bond donors (Lipinski definition) is 0. The van der Waals surface area contributed by atoms with Gasteiger partial charge in [-0.2, -0.15) is 0 Å². The zero-order valence-electron chi connectivity index (χ0n) is 8.78. The predicted octanol–water partition coefficient (Wildman–Crippen LogP) is 1.70.